The second-order valence-corrected chi connectivity index (χ2v) is 7.53. The highest BCUT2D eigenvalue weighted by molar-refractivity contribution is 6.30. The van der Waals surface area contributed by atoms with E-state index in [2.05, 4.69) is 0 Å². The van der Waals surface area contributed by atoms with Gasteiger partial charge in [0.15, 0.2) is 0 Å². The van der Waals surface area contributed by atoms with E-state index >= 15 is 0 Å². The van der Waals surface area contributed by atoms with Crippen molar-refractivity contribution in [2.75, 3.05) is 26.2 Å². The van der Waals surface area contributed by atoms with Crippen molar-refractivity contribution in [3.05, 3.63) is 70.5 Å². The van der Waals surface area contributed by atoms with Gasteiger partial charge in [-0.1, -0.05) is 29.8 Å². The van der Waals surface area contributed by atoms with Gasteiger partial charge < -0.3 is 9.80 Å². The van der Waals surface area contributed by atoms with Crippen LogP contribution in [0.3, 0.4) is 0 Å². The fourth-order valence-corrected chi connectivity index (χ4v) is 3.85. The molecule has 1 heterocycles. The molecule has 27 heavy (non-hydrogen) atoms. The number of carbonyl (C=O) groups excluding carboxylic acids is 2. The van der Waals surface area contributed by atoms with Crippen LogP contribution in [0, 0.1) is 11.7 Å². The van der Waals surface area contributed by atoms with Crippen LogP contribution in [0.25, 0.3) is 0 Å². The van der Waals surface area contributed by atoms with Crippen molar-refractivity contribution in [2.24, 2.45) is 5.92 Å². The number of nitrogens with zero attached hydrogens (tertiary/aromatic N) is 2. The number of piperazine rings is 1. The van der Waals surface area contributed by atoms with Crippen molar-refractivity contribution in [2.45, 2.75) is 12.3 Å². The molecule has 1 saturated carbocycles. The van der Waals surface area contributed by atoms with Crippen molar-refractivity contribution in [3.8, 4) is 0 Å². The molecule has 2 atom stereocenters. The van der Waals surface area contributed by atoms with Gasteiger partial charge in [-0.25, -0.2) is 4.39 Å². The van der Waals surface area contributed by atoms with Crippen molar-refractivity contribution >= 4 is 23.4 Å². The van der Waals surface area contributed by atoms with Crippen LogP contribution in [-0.2, 0) is 4.79 Å². The molecule has 0 radical (unpaired) electrons. The molecule has 2 amide bonds. The van der Waals surface area contributed by atoms with E-state index in [1.54, 1.807) is 52.3 Å². The van der Waals surface area contributed by atoms with Gasteiger partial charge in [-0.05, 0) is 48.2 Å². The lowest BCUT2D eigenvalue weighted by Gasteiger charge is -2.35. The summed E-state index contributed by atoms with van der Waals surface area (Å²) in [6, 6.07) is 13.5. The molecule has 4 nitrogen and oxygen atoms in total. The highest BCUT2D eigenvalue weighted by Gasteiger charge is 2.47. The Kier molecular flexibility index (Phi) is 4.87. The minimum Gasteiger partial charge on any atom is -0.339 e. The first-order valence-electron chi connectivity index (χ1n) is 9.12. The molecule has 2 unspecified atom stereocenters. The quantitative estimate of drug-likeness (QED) is 0.809. The molecule has 2 aromatic carbocycles. The molecule has 2 fully saturated rings. The molecule has 2 aromatic rings. The second kappa shape index (κ2) is 7.31. The molecule has 0 spiro atoms. The maximum absolute atomic E-state index is 13.9. The molecule has 0 aromatic heterocycles. The number of benzene rings is 2. The Morgan fingerprint density at radius 1 is 0.926 bits per heavy atom. The van der Waals surface area contributed by atoms with Crippen LogP contribution in [0.1, 0.15) is 28.3 Å². The number of carbonyl (C=O) groups is 2. The van der Waals surface area contributed by atoms with Gasteiger partial charge in [-0.15, -0.1) is 0 Å². The normalized spacial score (nSPS) is 21.9. The number of hydrogen-bond acceptors (Lipinski definition) is 2. The monoisotopic (exact) mass is 386 g/mol. The Hall–Kier alpha value is -2.40. The van der Waals surface area contributed by atoms with E-state index in [1.807, 2.05) is 0 Å². The minimum absolute atomic E-state index is 0.0209. The Morgan fingerprint density at radius 3 is 2.22 bits per heavy atom. The van der Waals surface area contributed by atoms with Crippen LogP contribution in [0.4, 0.5) is 4.39 Å². The Balaban J connectivity index is 1.33. The van der Waals surface area contributed by atoms with E-state index in [9.17, 15) is 14.0 Å². The molecule has 6 heteroatoms. The summed E-state index contributed by atoms with van der Waals surface area (Å²) in [6.45, 7) is 2.03. The highest BCUT2D eigenvalue weighted by atomic mass is 35.5. The van der Waals surface area contributed by atoms with E-state index < -0.39 is 0 Å². The third-order valence-corrected chi connectivity index (χ3v) is 5.63. The first-order valence-corrected chi connectivity index (χ1v) is 9.50. The van der Waals surface area contributed by atoms with Crippen molar-refractivity contribution in [3.63, 3.8) is 0 Å². The summed E-state index contributed by atoms with van der Waals surface area (Å²) in [5.74, 6) is -0.375. The van der Waals surface area contributed by atoms with Crippen LogP contribution in [-0.4, -0.2) is 47.8 Å². The zero-order valence-electron chi connectivity index (χ0n) is 14.8. The smallest absolute Gasteiger partial charge is 0.253 e. The number of hydrogen-bond donors (Lipinski definition) is 0. The van der Waals surface area contributed by atoms with Gasteiger partial charge >= 0.3 is 0 Å². The van der Waals surface area contributed by atoms with E-state index in [0.717, 1.165) is 0 Å². The largest absolute Gasteiger partial charge is 0.339 e. The van der Waals surface area contributed by atoms with E-state index in [4.69, 9.17) is 11.6 Å². The molecular weight excluding hydrogens is 367 g/mol. The highest BCUT2D eigenvalue weighted by Crippen LogP contribution is 2.49. The van der Waals surface area contributed by atoms with E-state index in [0.29, 0.717) is 48.7 Å². The van der Waals surface area contributed by atoms with Crippen LogP contribution in [0.5, 0.6) is 0 Å². The van der Waals surface area contributed by atoms with Crippen LogP contribution in [0.2, 0.25) is 5.02 Å². The molecule has 2 aliphatic rings. The third kappa shape index (κ3) is 3.69. The summed E-state index contributed by atoms with van der Waals surface area (Å²) in [5.41, 5.74) is 1.23. The van der Waals surface area contributed by atoms with E-state index in [1.165, 1.54) is 6.07 Å². The summed E-state index contributed by atoms with van der Waals surface area (Å²) >= 11 is 5.86. The summed E-state index contributed by atoms with van der Waals surface area (Å²) in [4.78, 5) is 28.8. The molecule has 1 saturated heterocycles. The standard InChI is InChI=1S/C21H20ClFN2O2/c22-15-7-5-14(6-8-15)20(26)24-9-11-25(12-10-24)21(27)18-13-17(18)16-3-1-2-4-19(16)23/h1-8,17-18H,9-13H2. The molecular formula is C21H20ClFN2O2. The van der Waals surface area contributed by atoms with Gasteiger partial charge in [0.2, 0.25) is 5.91 Å². The zero-order chi connectivity index (χ0) is 19.0. The molecule has 140 valence electrons. The Bertz CT molecular complexity index is 863. The first-order chi connectivity index (χ1) is 13.0. The summed E-state index contributed by atoms with van der Waals surface area (Å²) < 4.78 is 13.9. The summed E-state index contributed by atoms with van der Waals surface area (Å²) in [5, 5.41) is 0.593. The van der Waals surface area contributed by atoms with Crippen molar-refractivity contribution in [1.29, 1.82) is 0 Å². The molecule has 1 aliphatic heterocycles. The second-order valence-electron chi connectivity index (χ2n) is 7.09. The topological polar surface area (TPSA) is 40.6 Å². The van der Waals surface area contributed by atoms with Crippen LogP contribution < -0.4 is 0 Å². The summed E-state index contributed by atoms with van der Waals surface area (Å²) in [7, 11) is 0. The lowest BCUT2D eigenvalue weighted by Crippen LogP contribution is -2.51. The van der Waals surface area contributed by atoms with Gasteiger partial charge in [0.25, 0.3) is 5.91 Å². The van der Waals surface area contributed by atoms with Gasteiger partial charge in [-0.2, -0.15) is 0 Å². The fourth-order valence-electron chi connectivity index (χ4n) is 3.73. The maximum Gasteiger partial charge on any atom is 0.253 e. The zero-order valence-corrected chi connectivity index (χ0v) is 15.5. The van der Waals surface area contributed by atoms with Crippen LogP contribution >= 0.6 is 11.6 Å². The van der Waals surface area contributed by atoms with Crippen LogP contribution in [0.15, 0.2) is 48.5 Å². The predicted molar refractivity (Wildman–Crippen MR) is 101 cm³/mol. The maximum atomic E-state index is 13.9. The van der Waals surface area contributed by atoms with Gasteiger partial charge in [0.1, 0.15) is 5.82 Å². The minimum atomic E-state index is -0.240. The lowest BCUT2D eigenvalue weighted by atomic mass is 10.1. The summed E-state index contributed by atoms with van der Waals surface area (Å²) in [6.07, 6.45) is 0.698. The molecule has 0 bridgehead atoms. The average molecular weight is 387 g/mol. The predicted octanol–water partition coefficient (Wildman–Crippen LogP) is 3.57. The molecule has 1 aliphatic carbocycles. The lowest BCUT2D eigenvalue weighted by molar-refractivity contribution is -0.134. The van der Waals surface area contributed by atoms with Gasteiger partial charge in [-0.3, -0.25) is 9.59 Å². The number of amides is 2. The van der Waals surface area contributed by atoms with Crippen molar-refractivity contribution < 1.29 is 14.0 Å². The molecule has 4 rings (SSSR count). The van der Waals surface area contributed by atoms with E-state index in [-0.39, 0.29) is 29.5 Å². The number of rotatable bonds is 3. The number of halogens is 2. The Labute approximate surface area is 162 Å². The van der Waals surface area contributed by atoms with Gasteiger partial charge in [0, 0.05) is 42.7 Å². The van der Waals surface area contributed by atoms with Gasteiger partial charge in [0.05, 0.1) is 0 Å². The first kappa shape index (κ1) is 18.0. The Morgan fingerprint density at radius 2 is 1.56 bits per heavy atom. The SMILES string of the molecule is O=C(c1ccc(Cl)cc1)N1CCN(C(=O)C2CC2c2ccccc2F)CC1. The third-order valence-electron chi connectivity index (χ3n) is 5.38. The van der Waals surface area contributed by atoms with Crippen molar-refractivity contribution in [1.82, 2.24) is 9.80 Å². The fraction of sp³-hybridized carbons (Fsp3) is 0.333. The molecule has 0 N–H and O–H groups in total. The average Bonchev–Trinajstić information content (AvgIpc) is 3.48.